The highest BCUT2D eigenvalue weighted by Gasteiger charge is 2.16. The summed E-state index contributed by atoms with van der Waals surface area (Å²) in [5, 5.41) is 3.24. The van der Waals surface area contributed by atoms with Crippen LogP contribution in [0, 0.1) is 20.8 Å². The van der Waals surface area contributed by atoms with E-state index in [1.165, 1.54) is 0 Å². The van der Waals surface area contributed by atoms with E-state index < -0.39 is 10.0 Å². The third-order valence-electron chi connectivity index (χ3n) is 4.30. The Morgan fingerprint density at radius 3 is 1.96 bits per heavy atom. The molecular formula is C22H22N2O2S. The fraction of sp³-hybridized carbons (Fsp3) is 0.136. The van der Waals surface area contributed by atoms with Crippen LogP contribution in [0.25, 0.3) is 0 Å². The minimum absolute atomic E-state index is 0.171. The molecule has 0 aliphatic heterocycles. The molecule has 0 saturated heterocycles. The molecule has 4 nitrogen and oxygen atoms in total. The van der Waals surface area contributed by atoms with Gasteiger partial charge in [0, 0.05) is 11.3 Å². The molecule has 0 radical (unpaired) electrons. The first-order chi connectivity index (χ1) is 12.9. The maximum Gasteiger partial charge on any atom is 0.284 e. The number of nitrogens with one attached hydrogen (secondary N) is 1. The maximum absolute atomic E-state index is 12.9. The van der Waals surface area contributed by atoms with Crippen LogP contribution in [-0.2, 0) is 10.0 Å². The minimum atomic E-state index is -3.84. The molecule has 0 spiro atoms. The summed E-state index contributed by atoms with van der Waals surface area (Å²) < 4.78 is 29.9. The van der Waals surface area contributed by atoms with E-state index in [-0.39, 0.29) is 4.90 Å². The highest BCUT2D eigenvalue weighted by Crippen LogP contribution is 2.22. The first kappa shape index (κ1) is 18.9. The molecule has 0 aromatic heterocycles. The lowest BCUT2D eigenvalue weighted by atomic mass is 10.1. The molecule has 0 saturated carbocycles. The Bertz CT molecular complexity index is 1050. The summed E-state index contributed by atoms with van der Waals surface area (Å²) >= 11 is 0. The van der Waals surface area contributed by atoms with E-state index in [0.717, 1.165) is 22.4 Å². The molecule has 3 aromatic carbocycles. The van der Waals surface area contributed by atoms with Crippen molar-refractivity contribution in [2.45, 2.75) is 25.7 Å². The van der Waals surface area contributed by atoms with Crippen molar-refractivity contribution in [2.75, 3.05) is 5.32 Å². The lowest BCUT2D eigenvalue weighted by Gasteiger charge is -2.15. The van der Waals surface area contributed by atoms with Gasteiger partial charge in [0.2, 0.25) is 0 Å². The summed E-state index contributed by atoms with van der Waals surface area (Å²) in [5.74, 6) is 0.300. The van der Waals surface area contributed by atoms with E-state index in [1.54, 1.807) is 24.3 Å². The van der Waals surface area contributed by atoms with Crippen LogP contribution in [0.3, 0.4) is 0 Å². The van der Waals surface area contributed by atoms with Crippen molar-refractivity contribution >= 4 is 21.5 Å². The number of hydrogen-bond donors (Lipinski definition) is 1. The predicted octanol–water partition coefficient (Wildman–Crippen LogP) is 4.86. The number of sulfonamides is 1. The van der Waals surface area contributed by atoms with Gasteiger partial charge in [0.15, 0.2) is 5.84 Å². The average Bonchev–Trinajstić information content (AvgIpc) is 2.65. The van der Waals surface area contributed by atoms with Crippen molar-refractivity contribution in [1.82, 2.24) is 0 Å². The topological polar surface area (TPSA) is 58.5 Å². The molecule has 27 heavy (non-hydrogen) atoms. The Morgan fingerprint density at radius 1 is 0.778 bits per heavy atom. The Kier molecular flexibility index (Phi) is 5.42. The molecule has 0 unspecified atom stereocenters. The molecule has 3 aromatic rings. The first-order valence-electron chi connectivity index (χ1n) is 8.67. The SMILES string of the molecule is Cc1ccc(S(=O)(=O)/N=C(/Nc2c(C)cccc2C)c2ccccc2)cc1. The summed E-state index contributed by atoms with van der Waals surface area (Å²) in [6, 6.07) is 21.9. The third-order valence-corrected chi connectivity index (χ3v) is 5.59. The molecule has 0 atom stereocenters. The summed E-state index contributed by atoms with van der Waals surface area (Å²) in [4.78, 5) is 0.171. The van der Waals surface area contributed by atoms with Crippen molar-refractivity contribution in [3.05, 3.63) is 95.1 Å². The van der Waals surface area contributed by atoms with Crippen LogP contribution in [0.4, 0.5) is 5.69 Å². The lowest BCUT2D eigenvalue weighted by molar-refractivity contribution is 0.598. The fourth-order valence-electron chi connectivity index (χ4n) is 2.76. The fourth-order valence-corrected chi connectivity index (χ4v) is 3.73. The molecule has 138 valence electrons. The molecule has 5 heteroatoms. The van der Waals surface area contributed by atoms with Crippen LogP contribution in [0.15, 0.2) is 82.1 Å². The molecular weight excluding hydrogens is 356 g/mol. The van der Waals surface area contributed by atoms with Crippen molar-refractivity contribution in [3.8, 4) is 0 Å². The van der Waals surface area contributed by atoms with Gasteiger partial charge in [-0.25, -0.2) is 0 Å². The van der Waals surface area contributed by atoms with Crippen LogP contribution >= 0.6 is 0 Å². The van der Waals surface area contributed by atoms with E-state index in [0.29, 0.717) is 11.4 Å². The van der Waals surface area contributed by atoms with Gasteiger partial charge >= 0.3 is 0 Å². The van der Waals surface area contributed by atoms with E-state index >= 15 is 0 Å². The Morgan fingerprint density at radius 2 is 1.37 bits per heavy atom. The van der Waals surface area contributed by atoms with Gasteiger partial charge < -0.3 is 5.32 Å². The summed E-state index contributed by atoms with van der Waals surface area (Å²) in [6.45, 7) is 5.87. The van der Waals surface area contributed by atoms with Crippen molar-refractivity contribution in [2.24, 2.45) is 4.40 Å². The van der Waals surface area contributed by atoms with E-state index in [1.807, 2.05) is 69.3 Å². The number of rotatable bonds is 4. The quantitative estimate of drug-likeness (QED) is 0.521. The average molecular weight is 378 g/mol. The zero-order chi connectivity index (χ0) is 19.4. The molecule has 0 amide bonds. The van der Waals surface area contributed by atoms with Gasteiger partial charge in [-0.2, -0.15) is 8.42 Å². The molecule has 1 N–H and O–H groups in total. The molecule has 0 aliphatic rings. The zero-order valence-electron chi connectivity index (χ0n) is 15.6. The van der Waals surface area contributed by atoms with Gasteiger partial charge in [-0.3, -0.25) is 0 Å². The normalized spacial score (nSPS) is 12.0. The molecule has 0 heterocycles. The lowest BCUT2D eigenvalue weighted by Crippen LogP contribution is -2.17. The first-order valence-corrected chi connectivity index (χ1v) is 10.1. The largest absolute Gasteiger partial charge is 0.339 e. The highest BCUT2D eigenvalue weighted by atomic mass is 32.2. The molecule has 0 bridgehead atoms. The number of para-hydroxylation sites is 1. The van der Waals surface area contributed by atoms with E-state index in [4.69, 9.17) is 0 Å². The molecule has 0 aliphatic carbocycles. The Hall–Kier alpha value is -2.92. The minimum Gasteiger partial charge on any atom is -0.339 e. The van der Waals surface area contributed by atoms with Gasteiger partial charge in [0.1, 0.15) is 0 Å². The predicted molar refractivity (Wildman–Crippen MR) is 111 cm³/mol. The van der Waals surface area contributed by atoms with E-state index in [2.05, 4.69) is 9.71 Å². The van der Waals surface area contributed by atoms with Crippen LogP contribution in [0.1, 0.15) is 22.3 Å². The number of aryl methyl sites for hydroxylation is 3. The maximum atomic E-state index is 12.9. The van der Waals surface area contributed by atoms with Crippen molar-refractivity contribution < 1.29 is 8.42 Å². The highest BCUT2D eigenvalue weighted by molar-refractivity contribution is 7.90. The standard InChI is InChI=1S/C22H22N2O2S/c1-16-12-14-20(15-13-16)27(25,26)24-22(19-10-5-4-6-11-19)23-21-17(2)8-7-9-18(21)3/h4-15H,1-3H3,(H,23,24). The van der Waals surface area contributed by atoms with Crippen LogP contribution in [0.5, 0.6) is 0 Å². The van der Waals surface area contributed by atoms with Gasteiger partial charge in [-0.1, -0.05) is 66.2 Å². The number of hydrogen-bond acceptors (Lipinski definition) is 2. The summed E-state index contributed by atoms with van der Waals surface area (Å²) in [5.41, 5.74) is 4.60. The van der Waals surface area contributed by atoms with Gasteiger partial charge in [-0.05, 0) is 44.0 Å². The van der Waals surface area contributed by atoms with E-state index in [9.17, 15) is 8.42 Å². The smallest absolute Gasteiger partial charge is 0.284 e. The van der Waals surface area contributed by atoms with Crippen molar-refractivity contribution in [1.29, 1.82) is 0 Å². The molecule has 0 fully saturated rings. The van der Waals surface area contributed by atoms with Gasteiger partial charge in [-0.15, -0.1) is 4.40 Å². The van der Waals surface area contributed by atoms with Crippen LogP contribution in [-0.4, -0.2) is 14.3 Å². The molecule has 3 rings (SSSR count). The van der Waals surface area contributed by atoms with Gasteiger partial charge in [0.25, 0.3) is 10.0 Å². The monoisotopic (exact) mass is 378 g/mol. The second-order valence-corrected chi connectivity index (χ2v) is 8.09. The number of benzene rings is 3. The second-order valence-electron chi connectivity index (χ2n) is 6.49. The third kappa shape index (κ3) is 4.44. The van der Waals surface area contributed by atoms with Crippen LogP contribution in [0.2, 0.25) is 0 Å². The number of nitrogens with zero attached hydrogens (tertiary/aromatic N) is 1. The number of anilines is 1. The van der Waals surface area contributed by atoms with Gasteiger partial charge in [0.05, 0.1) is 4.90 Å². The number of amidine groups is 1. The van der Waals surface area contributed by atoms with Crippen molar-refractivity contribution in [3.63, 3.8) is 0 Å². The Labute approximate surface area is 160 Å². The zero-order valence-corrected chi connectivity index (χ0v) is 16.4. The summed E-state index contributed by atoms with van der Waals surface area (Å²) in [7, 11) is -3.84. The summed E-state index contributed by atoms with van der Waals surface area (Å²) in [6.07, 6.45) is 0. The Balaban J connectivity index is 2.10. The van der Waals surface area contributed by atoms with Crippen LogP contribution < -0.4 is 5.32 Å². The second kappa shape index (κ2) is 7.76.